The molecule has 3 heterocycles. The maximum absolute atomic E-state index is 15.0. The fraction of sp³-hybridized carbons (Fsp3) is 0.208. The summed E-state index contributed by atoms with van der Waals surface area (Å²) in [5.41, 5.74) is 5.48. The van der Waals surface area contributed by atoms with Crippen LogP contribution in [0.25, 0.3) is 15.7 Å². The molecular formula is C24H19ClFN5. The highest BCUT2D eigenvalue weighted by Crippen LogP contribution is 2.41. The number of aryl methyl sites for hydroxylation is 2. The van der Waals surface area contributed by atoms with E-state index in [1.807, 2.05) is 19.9 Å². The van der Waals surface area contributed by atoms with Crippen molar-refractivity contribution in [2.45, 2.75) is 26.3 Å². The number of hydrogen-bond acceptors (Lipinski definition) is 3. The number of nitrogens with zero attached hydrogens (tertiary/aromatic N) is 4. The average Bonchev–Trinajstić information content (AvgIpc) is 3.15. The van der Waals surface area contributed by atoms with Crippen LogP contribution in [0.3, 0.4) is 0 Å². The second-order valence-electron chi connectivity index (χ2n) is 7.84. The third-order valence-corrected chi connectivity index (χ3v) is 6.06. The summed E-state index contributed by atoms with van der Waals surface area (Å²) >= 11 is 6.09. The molecule has 0 fully saturated rings. The van der Waals surface area contributed by atoms with Crippen LogP contribution in [-0.2, 0) is 6.42 Å². The Morgan fingerprint density at radius 3 is 2.68 bits per heavy atom. The van der Waals surface area contributed by atoms with Crippen molar-refractivity contribution < 1.29 is 4.39 Å². The molecular weight excluding hydrogens is 413 g/mol. The van der Waals surface area contributed by atoms with Crippen molar-refractivity contribution in [1.82, 2.24) is 15.0 Å². The lowest BCUT2D eigenvalue weighted by Gasteiger charge is -2.35. The van der Waals surface area contributed by atoms with Gasteiger partial charge in [0.25, 0.3) is 5.82 Å². The van der Waals surface area contributed by atoms with Crippen LogP contribution in [-0.4, -0.2) is 21.5 Å². The van der Waals surface area contributed by atoms with Gasteiger partial charge < -0.3 is 14.7 Å². The Morgan fingerprint density at radius 2 is 1.94 bits per heavy atom. The highest BCUT2D eigenvalue weighted by molar-refractivity contribution is 6.31. The largest absolute Gasteiger partial charge is 0.360 e. The van der Waals surface area contributed by atoms with Crippen molar-refractivity contribution in [3.05, 3.63) is 92.8 Å². The third kappa shape index (κ3) is 3.22. The number of hydrogen-bond donors (Lipinski definition) is 1. The molecule has 2 aromatic heterocycles. The van der Waals surface area contributed by atoms with Gasteiger partial charge in [0.15, 0.2) is 5.82 Å². The minimum absolute atomic E-state index is 0.118. The van der Waals surface area contributed by atoms with Crippen molar-refractivity contribution in [3.8, 4) is 0 Å². The van der Waals surface area contributed by atoms with Crippen molar-refractivity contribution in [2.24, 2.45) is 0 Å². The summed E-state index contributed by atoms with van der Waals surface area (Å²) in [5.74, 6) is 0.416. The van der Waals surface area contributed by atoms with E-state index in [0.717, 1.165) is 33.6 Å². The van der Waals surface area contributed by atoms with Crippen LogP contribution in [0.2, 0.25) is 5.02 Å². The van der Waals surface area contributed by atoms with Crippen LogP contribution >= 0.6 is 11.6 Å². The first-order valence-corrected chi connectivity index (χ1v) is 10.4. The summed E-state index contributed by atoms with van der Waals surface area (Å²) in [5, 5.41) is 0.665. The highest BCUT2D eigenvalue weighted by atomic mass is 35.5. The van der Waals surface area contributed by atoms with Crippen LogP contribution in [0.15, 0.2) is 42.5 Å². The van der Waals surface area contributed by atoms with E-state index in [9.17, 15) is 4.39 Å². The minimum Gasteiger partial charge on any atom is -0.360 e. The van der Waals surface area contributed by atoms with Gasteiger partial charge in [-0.25, -0.2) is 4.39 Å². The highest BCUT2D eigenvalue weighted by Gasteiger charge is 2.35. The lowest BCUT2D eigenvalue weighted by atomic mass is 9.92. The summed E-state index contributed by atoms with van der Waals surface area (Å²) in [6, 6.07) is 13.1. The zero-order valence-corrected chi connectivity index (χ0v) is 17.8. The molecule has 0 radical (unpaired) electrons. The van der Waals surface area contributed by atoms with Crippen LogP contribution in [0.5, 0.6) is 0 Å². The Labute approximate surface area is 184 Å². The topological polar surface area (TPSA) is 49.2 Å². The van der Waals surface area contributed by atoms with E-state index in [-0.39, 0.29) is 11.1 Å². The van der Waals surface area contributed by atoms with Crippen LogP contribution in [0, 0.1) is 26.2 Å². The minimum atomic E-state index is -0.394. The summed E-state index contributed by atoms with van der Waals surface area (Å²) < 4.78 is 15.0. The van der Waals surface area contributed by atoms with Crippen LogP contribution in [0.4, 0.5) is 16.2 Å². The number of nitrogens with one attached hydrogen (secondary N) is 1. The molecule has 0 aliphatic carbocycles. The standard InChI is InChI=1S/C24H19ClFN5/c1-13-4-6-15(7-5-13)23-22-16(20-18(29-22)9-8-17(25)21(20)26)10-11-31(23)24-28-14(2)12-19(27-3)30-24/h4-9,12,23,29H,10-11H2,1-2H3. The van der Waals surface area contributed by atoms with E-state index in [2.05, 4.69) is 49.0 Å². The smallest absolute Gasteiger partial charge is 0.323 e. The SMILES string of the molecule is [C-]#[N+]c1cc(C)nc(N2CCc3c([nH]c4ccc(Cl)c(F)c34)C2c2ccc(C)cc2)n1. The average molecular weight is 432 g/mol. The molecule has 1 unspecified atom stereocenters. The number of halogens is 2. The molecule has 4 aromatic rings. The molecule has 1 N–H and O–H groups in total. The first kappa shape index (κ1) is 19.5. The molecule has 1 atom stereocenters. The summed E-state index contributed by atoms with van der Waals surface area (Å²) in [7, 11) is 0. The Hall–Kier alpha value is -3.43. The number of anilines is 1. The predicted molar refractivity (Wildman–Crippen MR) is 120 cm³/mol. The van der Waals surface area contributed by atoms with E-state index in [0.29, 0.717) is 30.1 Å². The first-order valence-electron chi connectivity index (χ1n) is 10.0. The van der Waals surface area contributed by atoms with Gasteiger partial charge in [0.05, 0.1) is 11.1 Å². The van der Waals surface area contributed by atoms with E-state index in [1.54, 1.807) is 12.1 Å². The molecule has 2 aromatic carbocycles. The fourth-order valence-corrected chi connectivity index (χ4v) is 4.51. The number of aromatic amines is 1. The molecule has 1 aliphatic rings. The second-order valence-corrected chi connectivity index (χ2v) is 8.24. The molecule has 1 aliphatic heterocycles. The number of aromatic nitrogens is 3. The van der Waals surface area contributed by atoms with Crippen LogP contribution < -0.4 is 4.90 Å². The van der Waals surface area contributed by atoms with Gasteiger partial charge in [-0.2, -0.15) is 4.98 Å². The molecule has 0 amide bonds. The maximum Gasteiger partial charge on any atom is 0.323 e. The Bertz CT molecular complexity index is 1350. The second kappa shape index (κ2) is 7.36. The Morgan fingerprint density at radius 1 is 1.16 bits per heavy atom. The lowest BCUT2D eigenvalue weighted by Crippen LogP contribution is -2.37. The quantitative estimate of drug-likeness (QED) is 0.392. The number of rotatable bonds is 2. The molecule has 5 rings (SSSR count). The van der Waals surface area contributed by atoms with Gasteiger partial charge in [0.1, 0.15) is 0 Å². The maximum atomic E-state index is 15.0. The first-order chi connectivity index (χ1) is 15.0. The van der Waals surface area contributed by atoms with E-state index < -0.39 is 5.82 Å². The summed E-state index contributed by atoms with van der Waals surface area (Å²) in [4.78, 5) is 18.1. The molecule has 154 valence electrons. The number of benzene rings is 2. The predicted octanol–water partition coefficient (Wildman–Crippen LogP) is 6.07. The van der Waals surface area contributed by atoms with E-state index in [1.165, 1.54) is 0 Å². The van der Waals surface area contributed by atoms with Crippen molar-refractivity contribution in [3.63, 3.8) is 0 Å². The number of fused-ring (bicyclic) bond motifs is 3. The van der Waals surface area contributed by atoms with Gasteiger partial charge in [0, 0.05) is 28.8 Å². The molecule has 0 bridgehead atoms. The van der Waals surface area contributed by atoms with Crippen molar-refractivity contribution in [2.75, 3.05) is 11.4 Å². The summed E-state index contributed by atoms with van der Waals surface area (Å²) in [6.07, 6.45) is 0.611. The zero-order valence-electron chi connectivity index (χ0n) is 17.1. The van der Waals surface area contributed by atoms with Gasteiger partial charge in [-0.05, 0) is 49.6 Å². The number of H-pyrrole nitrogens is 1. The molecule has 31 heavy (non-hydrogen) atoms. The lowest BCUT2D eigenvalue weighted by molar-refractivity contribution is 0.619. The molecule has 7 heteroatoms. The Balaban J connectivity index is 1.75. The van der Waals surface area contributed by atoms with E-state index in [4.69, 9.17) is 18.2 Å². The molecule has 0 saturated carbocycles. The van der Waals surface area contributed by atoms with Gasteiger partial charge in [-0.3, -0.25) is 0 Å². The van der Waals surface area contributed by atoms with Crippen molar-refractivity contribution >= 4 is 34.3 Å². The van der Waals surface area contributed by atoms with Gasteiger partial charge >= 0.3 is 5.95 Å². The third-order valence-electron chi connectivity index (χ3n) is 5.77. The van der Waals surface area contributed by atoms with Gasteiger partial charge in [0.2, 0.25) is 0 Å². The van der Waals surface area contributed by atoms with Gasteiger partial charge in [-0.1, -0.05) is 53.0 Å². The molecule has 5 nitrogen and oxygen atoms in total. The monoisotopic (exact) mass is 431 g/mol. The normalized spacial score (nSPS) is 15.7. The zero-order chi connectivity index (χ0) is 21.7. The van der Waals surface area contributed by atoms with E-state index >= 15 is 0 Å². The molecule has 0 spiro atoms. The van der Waals surface area contributed by atoms with Crippen molar-refractivity contribution in [1.29, 1.82) is 0 Å². The fourth-order valence-electron chi connectivity index (χ4n) is 4.35. The molecule has 0 saturated heterocycles. The Kier molecular flexibility index (Phi) is 4.64. The summed E-state index contributed by atoms with van der Waals surface area (Å²) in [6.45, 7) is 11.9. The van der Waals surface area contributed by atoms with Gasteiger partial charge in [-0.15, -0.1) is 0 Å². The van der Waals surface area contributed by atoms with Crippen LogP contribution in [0.1, 0.15) is 34.1 Å².